The maximum atomic E-state index is 12.1. The van der Waals surface area contributed by atoms with Gasteiger partial charge >= 0.3 is 6.18 Å². The van der Waals surface area contributed by atoms with Crippen molar-refractivity contribution in [2.45, 2.75) is 25.9 Å². The zero-order valence-electron chi connectivity index (χ0n) is 17.1. The van der Waals surface area contributed by atoms with Crippen LogP contribution in [0.25, 0.3) is 5.69 Å². The molecule has 0 atom stereocenters. The van der Waals surface area contributed by atoms with Gasteiger partial charge in [0.05, 0.1) is 24.5 Å². The van der Waals surface area contributed by atoms with Crippen molar-refractivity contribution >= 4 is 5.96 Å². The highest BCUT2D eigenvalue weighted by atomic mass is 19.4. The monoisotopic (exact) mass is 431 g/mol. The van der Waals surface area contributed by atoms with Crippen LogP contribution in [0.1, 0.15) is 16.8 Å². The largest absolute Gasteiger partial charge is 0.411 e. The van der Waals surface area contributed by atoms with Crippen LogP contribution in [0.2, 0.25) is 0 Å². The molecule has 0 saturated heterocycles. The van der Waals surface area contributed by atoms with Gasteiger partial charge in [0.25, 0.3) is 0 Å². The van der Waals surface area contributed by atoms with Crippen LogP contribution in [0.15, 0.2) is 71.9 Å². The molecule has 164 valence electrons. The van der Waals surface area contributed by atoms with Gasteiger partial charge in [-0.3, -0.25) is 4.99 Å². The second-order valence-corrected chi connectivity index (χ2v) is 6.79. The minimum absolute atomic E-state index is 0.0773. The van der Waals surface area contributed by atoms with E-state index >= 15 is 0 Å². The van der Waals surface area contributed by atoms with Crippen molar-refractivity contribution < 1.29 is 17.9 Å². The summed E-state index contributed by atoms with van der Waals surface area (Å²) in [6, 6.07) is 19.0. The van der Waals surface area contributed by atoms with Crippen molar-refractivity contribution in [1.82, 2.24) is 20.4 Å². The number of benzene rings is 2. The molecule has 2 N–H and O–H groups in total. The van der Waals surface area contributed by atoms with E-state index in [1.807, 2.05) is 59.4 Å². The number of guanidine groups is 1. The molecule has 1 heterocycles. The van der Waals surface area contributed by atoms with Crippen LogP contribution in [0, 0.1) is 0 Å². The summed E-state index contributed by atoms with van der Waals surface area (Å²) in [5.74, 6) is 0.617. The Kier molecular flexibility index (Phi) is 7.66. The molecule has 3 rings (SSSR count). The van der Waals surface area contributed by atoms with Gasteiger partial charge in [-0.15, -0.1) is 0 Å². The third-order valence-electron chi connectivity index (χ3n) is 4.34. The highest BCUT2D eigenvalue weighted by Crippen LogP contribution is 2.16. The summed E-state index contributed by atoms with van der Waals surface area (Å²) in [5.41, 5.74) is 3.51. The molecule has 0 saturated carbocycles. The number of aromatic nitrogens is 2. The Bertz CT molecular complexity index is 969. The molecule has 0 radical (unpaired) electrons. The number of alkyl halides is 3. The van der Waals surface area contributed by atoms with Crippen molar-refractivity contribution in [2.24, 2.45) is 4.99 Å². The summed E-state index contributed by atoms with van der Waals surface area (Å²) in [5, 5.41) is 11.0. The van der Waals surface area contributed by atoms with Crippen LogP contribution in [-0.2, 0) is 24.4 Å². The minimum Gasteiger partial charge on any atom is -0.367 e. The molecular formula is C22H24F3N5O. The first-order valence-corrected chi connectivity index (χ1v) is 9.70. The van der Waals surface area contributed by atoms with Gasteiger partial charge in [0.15, 0.2) is 5.96 Å². The lowest BCUT2D eigenvalue weighted by atomic mass is 10.1. The lowest BCUT2D eigenvalue weighted by Crippen LogP contribution is -2.36. The molecule has 9 heteroatoms. The number of halogens is 3. The van der Waals surface area contributed by atoms with Crippen LogP contribution < -0.4 is 10.6 Å². The van der Waals surface area contributed by atoms with E-state index < -0.39 is 12.8 Å². The van der Waals surface area contributed by atoms with E-state index in [9.17, 15) is 13.2 Å². The van der Waals surface area contributed by atoms with Gasteiger partial charge in [0.2, 0.25) is 0 Å². The number of aliphatic imine (C=N–C) groups is 1. The number of hydrogen-bond acceptors (Lipinski definition) is 3. The SMILES string of the molecule is CN=C(NCc1ccc(COCC(F)(F)F)cc1)NCc1ccn(-c2ccccc2)n1. The van der Waals surface area contributed by atoms with Gasteiger partial charge in [-0.1, -0.05) is 42.5 Å². The second kappa shape index (κ2) is 10.6. The standard InChI is InChI=1S/C22H24F3N5O/c1-26-21(28-14-19-11-12-30(29-19)20-5-3-2-4-6-20)27-13-17-7-9-18(10-8-17)15-31-16-22(23,24)25/h2-12H,13-16H2,1H3,(H2,26,27,28). The van der Waals surface area contributed by atoms with Crippen molar-refractivity contribution in [2.75, 3.05) is 13.7 Å². The number of para-hydroxylation sites is 1. The first-order valence-electron chi connectivity index (χ1n) is 9.70. The van der Waals surface area contributed by atoms with Gasteiger partial charge in [-0.25, -0.2) is 4.68 Å². The van der Waals surface area contributed by atoms with Gasteiger partial charge < -0.3 is 15.4 Å². The van der Waals surface area contributed by atoms with Crippen molar-refractivity contribution in [3.8, 4) is 5.69 Å². The normalized spacial score (nSPS) is 12.1. The molecule has 0 unspecified atom stereocenters. The van der Waals surface area contributed by atoms with E-state index in [4.69, 9.17) is 0 Å². The molecule has 0 spiro atoms. The van der Waals surface area contributed by atoms with Crippen molar-refractivity contribution in [1.29, 1.82) is 0 Å². The molecule has 0 aliphatic carbocycles. The molecule has 2 aromatic carbocycles. The quantitative estimate of drug-likeness (QED) is 0.421. The molecule has 0 fully saturated rings. The summed E-state index contributed by atoms with van der Waals surface area (Å²) >= 11 is 0. The zero-order valence-corrected chi connectivity index (χ0v) is 17.1. The van der Waals surface area contributed by atoms with Gasteiger partial charge in [-0.05, 0) is 29.3 Å². The van der Waals surface area contributed by atoms with Crippen LogP contribution in [-0.4, -0.2) is 35.6 Å². The van der Waals surface area contributed by atoms with E-state index in [1.54, 1.807) is 19.2 Å². The van der Waals surface area contributed by atoms with Crippen LogP contribution in [0.4, 0.5) is 13.2 Å². The maximum absolute atomic E-state index is 12.1. The molecule has 6 nitrogen and oxygen atoms in total. The molecule has 0 aliphatic rings. The van der Waals surface area contributed by atoms with Crippen molar-refractivity contribution in [3.05, 3.63) is 83.7 Å². The lowest BCUT2D eigenvalue weighted by Gasteiger charge is -2.12. The first kappa shape index (κ1) is 22.4. The number of rotatable bonds is 8. The fraction of sp³-hybridized carbons (Fsp3) is 0.273. The summed E-state index contributed by atoms with van der Waals surface area (Å²) < 4.78 is 42.9. The predicted molar refractivity (Wildman–Crippen MR) is 113 cm³/mol. The molecule has 3 aromatic rings. The molecule has 0 amide bonds. The van der Waals surface area contributed by atoms with Crippen LogP contribution in [0.5, 0.6) is 0 Å². The van der Waals surface area contributed by atoms with Gasteiger partial charge in [0.1, 0.15) is 6.61 Å². The molecule has 31 heavy (non-hydrogen) atoms. The molecule has 0 bridgehead atoms. The lowest BCUT2D eigenvalue weighted by molar-refractivity contribution is -0.176. The summed E-state index contributed by atoms with van der Waals surface area (Å²) in [6.45, 7) is -0.301. The maximum Gasteiger partial charge on any atom is 0.411 e. The van der Waals surface area contributed by atoms with Crippen LogP contribution >= 0.6 is 0 Å². The summed E-state index contributed by atoms with van der Waals surface area (Å²) in [6.07, 6.45) is -2.41. The smallest absolute Gasteiger partial charge is 0.367 e. The first-order chi connectivity index (χ1) is 14.9. The Labute approximate surface area is 178 Å². The summed E-state index contributed by atoms with van der Waals surface area (Å²) in [4.78, 5) is 4.20. The zero-order chi connectivity index (χ0) is 22.1. The van der Waals surface area contributed by atoms with Gasteiger partial charge in [0, 0.05) is 19.8 Å². The Hall–Kier alpha value is -3.33. The topological polar surface area (TPSA) is 63.5 Å². The Morgan fingerprint density at radius 3 is 2.32 bits per heavy atom. The number of nitrogens with one attached hydrogen (secondary N) is 2. The third-order valence-corrected chi connectivity index (χ3v) is 4.34. The Balaban J connectivity index is 1.44. The Morgan fingerprint density at radius 1 is 0.968 bits per heavy atom. The van der Waals surface area contributed by atoms with E-state index in [0.717, 1.165) is 16.9 Å². The average Bonchev–Trinajstić information content (AvgIpc) is 3.24. The fourth-order valence-electron chi connectivity index (χ4n) is 2.80. The fourth-order valence-corrected chi connectivity index (χ4v) is 2.80. The Morgan fingerprint density at radius 2 is 1.65 bits per heavy atom. The number of hydrogen-bond donors (Lipinski definition) is 2. The van der Waals surface area contributed by atoms with E-state index in [1.165, 1.54) is 0 Å². The average molecular weight is 431 g/mol. The van der Waals surface area contributed by atoms with Crippen molar-refractivity contribution in [3.63, 3.8) is 0 Å². The predicted octanol–water partition coefficient (Wildman–Crippen LogP) is 3.82. The molecule has 0 aliphatic heterocycles. The second-order valence-electron chi connectivity index (χ2n) is 6.79. The summed E-state index contributed by atoms with van der Waals surface area (Å²) in [7, 11) is 1.68. The highest BCUT2D eigenvalue weighted by Gasteiger charge is 2.27. The highest BCUT2D eigenvalue weighted by molar-refractivity contribution is 5.79. The minimum atomic E-state index is -4.31. The number of ether oxygens (including phenoxy) is 1. The molecular weight excluding hydrogens is 407 g/mol. The van der Waals surface area contributed by atoms with Crippen LogP contribution in [0.3, 0.4) is 0 Å². The number of nitrogens with zero attached hydrogens (tertiary/aromatic N) is 3. The van der Waals surface area contributed by atoms with Gasteiger partial charge in [-0.2, -0.15) is 18.3 Å². The van der Waals surface area contributed by atoms with E-state index in [-0.39, 0.29) is 6.61 Å². The molecule has 1 aromatic heterocycles. The van der Waals surface area contributed by atoms with E-state index in [2.05, 4.69) is 25.5 Å². The van der Waals surface area contributed by atoms with E-state index in [0.29, 0.717) is 24.6 Å². The third kappa shape index (κ3) is 7.45.